The van der Waals surface area contributed by atoms with E-state index in [0.717, 1.165) is 48.1 Å². The summed E-state index contributed by atoms with van der Waals surface area (Å²) in [6, 6.07) is 3.79. The fraction of sp³-hybridized carbons (Fsp3) is 0.333. The molecule has 0 bridgehead atoms. The van der Waals surface area contributed by atoms with Crippen LogP contribution in [0.15, 0.2) is 41.3 Å². The molecule has 1 fully saturated rings. The van der Waals surface area contributed by atoms with Crippen molar-refractivity contribution in [3.63, 3.8) is 0 Å². The largest absolute Gasteiger partial charge is 0.483 e. The molecule has 172 valence electrons. The molecule has 9 heteroatoms. The summed E-state index contributed by atoms with van der Waals surface area (Å²) in [6.45, 7) is 3.65. The molecule has 1 unspecified atom stereocenters. The number of piperidine rings is 1. The molecule has 4 heterocycles. The van der Waals surface area contributed by atoms with Crippen LogP contribution < -0.4 is 15.8 Å². The molecule has 4 N–H and O–H groups in total. The summed E-state index contributed by atoms with van der Waals surface area (Å²) in [5.74, 6) is -0.437. The molecule has 1 atom stereocenters. The van der Waals surface area contributed by atoms with E-state index in [4.69, 9.17) is 14.9 Å². The number of furan rings is 1. The van der Waals surface area contributed by atoms with Crippen molar-refractivity contribution < 1.29 is 17.9 Å². The quantitative estimate of drug-likeness (QED) is 0.396. The SMILES string of the molecule is CC(Cc1c(F)cccc1F)Oc1c(N)ncc2c(-c3cn[nH]c3C3CCNCC3)coc12. The van der Waals surface area contributed by atoms with Crippen molar-refractivity contribution in [3.8, 4) is 16.9 Å². The van der Waals surface area contributed by atoms with E-state index >= 15 is 0 Å². The zero-order valence-electron chi connectivity index (χ0n) is 18.2. The second kappa shape index (κ2) is 8.82. The Morgan fingerprint density at radius 1 is 1.18 bits per heavy atom. The molecular formula is C24H25F2N5O2. The smallest absolute Gasteiger partial charge is 0.205 e. The minimum Gasteiger partial charge on any atom is -0.483 e. The van der Waals surface area contributed by atoms with Crippen LogP contribution in [0.3, 0.4) is 0 Å². The van der Waals surface area contributed by atoms with Crippen LogP contribution in [-0.2, 0) is 6.42 Å². The minimum atomic E-state index is -0.611. The summed E-state index contributed by atoms with van der Waals surface area (Å²) in [6.07, 6.45) is 6.60. The van der Waals surface area contributed by atoms with Gasteiger partial charge in [0.1, 0.15) is 24.0 Å². The van der Waals surface area contributed by atoms with Gasteiger partial charge in [-0.3, -0.25) is 5.10 Å². The Balaban J connectivity index is 1.46. The monoisotopic (exact) mass is 453 g/mol. The Labute approximate surface area is 189 Å². The number of rotatable bonds is 6. The average molecular weight is 453 g/mol. The molecule has 0 radical (unpaired) electrons. The van der Waals surface area contributed by atoms with Crippen molar-refractivity contribution in [1.82, 2.24) is 20.5 Å². The summed E-state index contributed by atoms with van der Waals surface area (Å²) in [5, 5.41) is 11.5. The first-order valence-electron chi connectivity index (χ1n) is 11.0. The number of nitrogens with two attached hydrogens (primary N) is 1. The third-order valence-corrected chi connectivity index (χ3v) is 6.18. The number of halogens is 2. The molecule has 5 rings (SSSR count). The standard InChI is InChI=1S/C24H25F2N5O2/c1-13(9-15-19(25)3-2-4-20(15)26)33-23-22-17(10-29-24(23)27)18(12-32-22)16-11-30-31-21(16)14-5-7-28-8-6-14/h2-4,10-14,28H,5-9H2,1H3,(H2,27,29)(H,30,31). The molecule has 0 aliphatic carbocycles. The average Bonchev–Trinajstić information content (AvgIpc) is 3.46. The maximum absolute atomic E-state index is 14.1. The fourth-order valence-corrected chi connectivity index (χ4v) is 4.49. The molecule has 0 spiro atoms. The normalized spacial score (nSPS) is 15.7. The first kappa shape index (κ1) is 21.4. The van der Waals surface area contributed by atoms with Crippen LogP contribution in [0.2, 0.25) is 0 Å². The number of benzene rings is 1. The number of hydrogen-bond acceptors (Lipinski definition) is 6. The second-order valence-corrected chi connectivity index (χ2v) is 8.42. The highest BCUT2D eigenvalue weighted by molar-refractivity contribution is 5.98. The van der Waals surface area contributed by atoms with E-state index < -0.39 is 17.7 Å². The van der Waals surface area contributed by atoms with E-state index in [1.54, 1.807) is 25.6 Å². The first-order chi connectivity index (χ1) is 16.0. The van der Waals surface area contributed by atoms with E-state index in [1.807, 2.05) is 0 Å². The number of nitrogen functional groups attached to an aromatic ring is 1. The molecule has 4 aromatic rings. The molecule has 33 heavy (non-hydrogen) atoms. The lowest BCUT2D eigenvalue weighted by atomic mass is 9.90. The van der Waals surface area contributed by atoms with Crippen molar-refractivity contribution in [2.45, 2.75) is 38.2 Å². The fourth-order valence-electron chi connectivity index (χ4n) is 4.49. The summed E-state index contributed by atoms with van der Waals surface area (Å²) in [7, 11) is 0. The highest BCUT2D eigenvalue weighted by atomic mass is 19.1. The van der Waals surface area contributed by atoms with E-state index in [9.17, 15) is 8.78 Å². The van der Waals surface area contributed by atoms with Crippen molar-refractivity contribution in [2.75, 3.05) is 18.8 Å². The van der Waals surface area contributed by atoms with E-state index in [2.05, 4.69) is 20.5 Å². The number of anilines is 1. The Hall–Kier alpha value is -3.46. The first-order valence-corrected chi connectivity index (χ1v) is 11.0. The predicted octanol–water partition coefficient (Wildman–Crippen LogP) is 4.56. The molecule has 1 aromatic carbocycles. The number of ether oxygens (including phenoxy) is 1. The maximum Gasteiger partial charge on any atom is 0.205 e. The lowest BCUT2D eigenvalue weighted by Crippen LogP contribution is -2.27. The van der Waals surface area contributed by atoms with Gasteiger partial charge in [0.25, 0.3) is 0 Å². The molecule has 3 aromatic heterocycles. The minimum absolute atomic E-state index is 0.0312. The van der Waals surface area contributed by atoms with Gasteiger partial charge in [-0.15, -0.1) is 0 Å². The highest BCUT2D eigenvalue weighted by Crippen LogP contribution is 2.41. The Morgan fingerprint density at radius 2 is 1.94 bits per heavy atom. The number of fused-ring (bicyclic) bond motifs is 1. The molecule has 0 saturated carbocycles. The van der Waals surface area contributed by atoms with Gasteiger partial charge < -0.3 is 20.2 Å². The highest BCUT2D eigenvalue weighted by Gasteiger charge is 2.25. The van der Waals surface area contributed by atoms with Gasteiger partial charge in [-0.05, 0) is 45.0 Å². The van der Waals surface area contributed by atoms with E-state index in [0.29, 0.717) is 11.5 Å². The van der Waals surface area contributed by atoms with Crippen LogP contribution in [0.25, 0.3) is 22.1 Å². The summed E-state index contributed by atoms with van der Waals surface area (Å²) >= 11 is 0. The maximum atomic E-state index is 14.1. The zero-order valence-corrected chi connectivity index (χ0v) is 18.2. The molecular weight excluding hydrogens is 428 g/mol. The van der Waals surface area contributed by atoms with Crippen LogP contribution in [0.5, 0.6) is 5.75 Å². The van der Waals surface area contributed by atoms with Gasteiger partial charge in [-0.1, -0.05) is 6.07 Å². The predicted molar refractivity (Wildman–Crippen MR) is 121 cm³/mol. The second-order valence-electron chi connectivity index (χ2n) is 8.42. The van der Waals surface area contributed by atoms with Crippen LogP contribution in [0.4, 0.5) is 14.6 Å². The molecule has 1 aliphatic rings. The zero-order chi connectivity index (χ0) is 22.9. The van der Waals surface area contributed by atoms with E-state index in [1.165, 1.54) is 18.2 Å². The van der Waals surface area contributed by atoms with Crippen molar-refractivity contribution >= 4 is 16.8 Å². The molecule has 0 amide bonds. The summed E-state index contributed by atoms with van der Waals surface area (Å²) in [5.41, 5.74) is 9.37. The van der Waals surface area contributed by atoms with Gasteiger partial charge in [-0.2, -0.15) is 5.10 Å². The van der Waals surface area contributed by atoms with Crippen LogP contribution in [0, 0.1) is 11.6 Å². The lowest BCUT2D eigenvalue weighted by Gasteiger charge is -2.22. The topological polar surface area (TPSA) is 102 Å². The number of nitrogens with zero attached hydrogens (tertiary/aromatic N) is 2. The third-order valence-electron chi connectivity index (χ3n) is 6.18. The van der Waals surface area contributed by atoms with Crippen LogP contribution >= 0.6 is 0 Å². The van der Waals surface area contributed by atoms with Crippen molar-refractivity contribution in [1.29, 1.82) is 0 Å². The van der Waals surface area contributed by atoms with Gasteiger partial charge in [0, 0.05) is 40.9 Å². The number of pyridine rings is 1. The number of hydrogen-bond donors (Lipinski definition) is 3. The van der Waals surface area contributed by atoms with Gasteiger partial charge in [-0.25, -0.2) is 13.8 Å². The van der Waals surface area contributed by atoms with Crippen LogP contribution in [0.1, 0.15) is 36.9 Å². The van der Waals surface area contributed by atoms with Gasteiger partial charge >= 0.3 is 0 Å². The third kappa shape index (κ3) is 4.04. The van der Waals surface area contributed by atoms with Crippen LogP contribution in [-0.4, -0.2) is 34.4 Å². The molecule has 7 nitrogen and oxygen atoms in total. The molecule has 1 aliphatic heterocycles. The van der Waals surface area contributed by atoms with E-state index in [-0.39, 0.29) is 23.6 Å². The molecule has 1 saturated heterocycles. The lowest BCUT2D eigenvalue weighted by molar-refractivity contribution is 0.219. The number of aromatic amines is 1. The summed E-state index contributed by atoms with van der Waals surface area (Å²) in [4.78, 5) is 4.29. The number of aromatic nitrogens is 3. The van der Waals surface area contributed by atoms with Gasteiger partial charge in [0.05, 0.1) is 11.6 Å². The number of nitrogens with one attached hydrogen (secondary N) is 2. The Bertz CT molecular complexity index is 1260. The van der Waals surface area contributed by atoms with Gasteiger partial charge in [0.2, 0.25) is 5.75 Å². The van der Waals surface area contributed by atoms with Crippen molar-refractivity contribution in [2.24, 2.45) is 0 Å². The van der Waals surface area contributed by atoms with Gasteiger partial charge in [0.15, 0.2) is 11.4 Å². The Morgan fingerprint density at radius 3 is 2.70 bits per heavy atom. The Kier molecular flexibility index (Phi) is 5.72. The number of H-pyrrole nitrogens is 1. The van der Waals surface area contributed by atoms with Crippen molar-refractivity contribution in [3.05, 3.63) is 59.7 Å². The summed E-state index contributed by atoms with van der Waals surface area (Å²) < 4.78 is 40.0.